The number of carbonyl (C=O) groups excluding carboxylic acids is 3. The van der Waals surface area contributed by atoms with Crippen LogP contribution in [0.2, 0.25) is 0 Å². The van der Waals surface area contributed by atoms with E-state index in [2.05, 4.69) is 22.0 Å². The molecule has 1 aromatic heterocycles. The van der Waals surface area contributed by atoms with Gasteiger partial charge in [0, 0.05) is 23.5 Å². The van der Waals surface area contributed by atoms with Gasteiger partial charge in [-0.25, -0.2) is 4.79 Å². The number of ketones is 1. The first kappa shape index (κ1) is 20.4. The summed E-state index contributed by atoms with van der Waals surface area (Å²) < 4.78 is 2.10. The molecule has 6 nitrogen and oxygen atoms in total. The Morgan fingerprint density at radius 2 is 1.70 bits per heavy atom. The fourth-order valence-corrected chi connectivity index (χ4v) is 4.81. The maximum Gasteiger partial charge on any atom is 0.325 e. The first-order chi connectivity index (χ1) is 14.4. The number of carbonyl (C=O) groups is 3. The fraction of sp³-hybridized carbons (Fsp3) is 0.458. The number of aryl methyl sites for hydroxylation is 1. The number of Topliss-reactive ketones (excluding diaryl/α,β-unsaturated/α-hetero) is 1. The van der Waals surface area contributed by atoms with E-state index >= 15 is 0 Å². The molecule has 6 heteroatoms. The summed E-state index contributed by atoms with van der Waals surface area (Å²) in [7, 11) is 0. The zero-order valence-electron chi connectivity index (χ0n) is 17.7. The third kappa shape index (κ3) is 3.66. The van der Waals surface area contributed by atoms with Crippen molar-refractivity contribution in [3.63, 3.8) is 0 Å². The van der Waals surface area contributed by atoms with E-state index in [0.29, 0.717) is 24.9 Å². The normalized spacial score (nSPS) is 18.5. The topological polar surface area (TPSA) is 71.4 Å². The maximum absolute atomic E-state index is 13.1. The van der Waals surface area contributed by atoms with E-state index in [-0.39, 0.29) is 18.2 Å². The van der Waals surface area contributed by atoms with Crippen LogP contribution in [0, 0.1) is 13.8 Å². The van der Waals surface area contributed by atoms with E-state index < -0.39 is 11.6 Å². The van der Waals surface area contributed by atoms with Crippen LogP contribution in [0.5, 0.6) is 0 Å². The van der Waals surface area contributed by atoms with Crippen LogP contribution in [-0.4, -0.2) is 39.3 Å². The number of benzene rings is 1. The Kier molecular flexibility index (Phi) is 5.50. The molecule has 2 heterocycles. The molecule has 1 spiro atoms. The van der Waals surface area contributed by atoms with Crippen molar-refractivity contribution in [2.45, 2.75) is 64.5 Å². The lowest BCUT2D eigenvalue weighted by atomic mass is 9.90. The molecule has 0 unspecified atom stereocenters. The van der Waals surface area contributed by atoms with Crippen molar-refractivity contribution in [1.82, 2.24) is 14.8 Å². The summed E-state index contributed by atoms with van der Waals surface area (Å²) in [6.45, 7) is 4.36. The van der Waals surface area contributed by atoms with Gasteiger partial charge in [0.25, 0.3) is 5.91 Å². The zero-order valence-corrected chi connectivity index (χ0v) is 17.7. The number of nitrogens with zero attached hydrogens (tertiary/aromatic N) is 2. The van der Waals surface area contributed by atoms with Gasteiger partial charge in [-0.2, -0.15) is 0 Å². The standard InChI is InChI=1S/C24H29N3O3/c1-17-14-20(18(2)26(17)15-19-10-6-5-7-11-19)21(28)16-27-22(29)24(25-23(27)30)12-8-3-4-9-13-24/h5-7,10-11,14H,3-4,8-9,12-13,15-16H2,1-2H3,(H,25,30). The molecule has 0 atom stereocenters. The second kappa shape index (κ2) is 8.09. The molecule has 1 N–H and O–H groups in total. The number of nitrogens with one attached hydrogen (secondary N) is 1. The largest absolute Gasteiger partial charge is 0.344 e. The first-order valence-electron chi connectivity index (χ1n) is 10.8. The summed E-state index contributed by atoms with van der Waals surface area (Å²) in [5, 5.41) is 2.91. The van der Waals surface area contributed by atoms with Gasteiger partial charge in [0.1, 0.15) is 5.54 Å². The second-order valence-electron chi connectivity index (χ2n) is 8.60. The second-order valence-corrected chi connectivity index (χ2v) is 8.60. The van der Waals surface area contributed by atoms with Crippen LogP contribution < -0.4 is 5.32 Å². The lowest BCUT2D eigenvalue weighted by Gasteiger charge is -2.24. The summed E-state index contributed by atoms with van der Waals surface area (Å²) in [5.74, 6) is -0.433. The van der Waals surface area contributed by atoms with E-state index in [4.69, 9.17) is 0 Å². The smallest absolute Gasteiger partial charge is 0.325 e. The average Bonchev–Trinajstić information content (AvgIpc) is 3.01. The minimum Gasteiger partial charge on any atom is -0.344 e. The molecular weight excluding hydrogens is 378 g/mol. The van der Waals surface area contributed by atoms with Gasteiger partial charge in [-0.1, -0.05) is 56.0 Å². The van der Waals surface area contributed by atoms with Gasteiger partial charge in [0.05, 0.1) is 6.54 Å². The van der Waals surface area contributed by atoms with Gasteiger partial charge in [-0.05, 0) is 38.3 Å². The zero-order chi connectivity index (χ0) is 21.3. The molecule has 0 radical (unpaired) electrons. The molecular formula is C24H29N3O3. The third-order valence-corrected chi connectivity index (χ3v) is 6.56. The van der Waals surface area contributed by atoms with Crippen LogP contribution in [-0.2, 0) is 11.3 Å². The lowest BCUT2D eigenvalue weighted by Crippen LogP contribution is -2.46. The number of urea groups is 1. The van der Waals surface area contributed by atoms with Crippen molar-refractivity contribution in [2.75, 3.05) is 6.54 Å². The summed E-state index contributed by atoms with van der Waals surface area (Å²) in [6.07, 6.45) is 5.33. The van der Waals surface area contributed by atoms with E-state index in [9.17, 15) is 14.4 Å². The quantitative estimate of drug-likeness (QED) is 0.602. The third-order valence-electron chi connectivity index (χ3n) is 6.56. The Bertz CT molecular complexity index is 969. The average molecular weight is 408 g/mol. The lowest BCUT2D eigenvalue weighted by molar-refractivity contribution is -0.131. The minimum absolute atomic E-state index is 0.198. The van der Waals surface area contributed by atoms with E-state index in [0.717, 1.165) is 47.5 Å². The van der Waals surface area contributed by atoms with Gasteiger partial charge >= 0.3 is 6.03 Å². The molecule has 30 heavy (non-hydrogen) atoms. The molecule has 1 saturated carbocycles. The molecule has 1 aliphatic heterocycles. The molecule has 3 amide bonds. The Morgan fingerprint density at radius 1 is 1.03 bits per heavy atom. The SMILES string of the molecule is Cc1cc(C(=O)CN2C(=O)NC3(CCCCCC3)C2=O)c(C)n1Cc1ccccc1. The van der Waals surface area contributed by atoms with Crippen LogP contribution in [0.4, 0.5) is 4.79 Å². The monoisotopic (exact) mass is 407 g/mol. The Morgan fingerprint density at radius 3 is 2.37 bits per heavy atom. The predicted molar refractivity (Wildman–Crippen MR) is 114 cm³/mol. The van der Waals surface area contributed by atoms with Crippen molar-refractivity contribution in [2.24, 2.45) is 0 Å². The van der Waals surface area contributed by atoms with Crippen molar-refractivity contribution >= 4 is 17.7 Å². The molecule has 158 valence electrons. The highest BCUT2D eigenvalue weighted by molar-refractivity contribution is 6.11. The number of aromatic nitrogens is 1. The molecule has 1 saturated heterocycles. The Hall–Kier alpha value is -2.89. The molecule has 1 aromatic carbocycles. The highest BCUT2D eigenvalue weighted by atomic mass is 16.2. The molecule has 2 aromatic rings. The highest BCUT2D eigenvalue weighted by Crippen LogP contribution is 2.33. The predicted octanol–water partition coefficient (Wildman–Crippen LogP) is 3.98. The van der Waals surface area contributed by atoms with Gasteiger partial charge in [-0.3, -0.25) is 14.5 Å². The Labute approximate surface area is 177 Å². The summed E-state index contributed by atoms with van der Waals surface area (Å²) in [5.41, 5.74) is 2.77. The number of imide groups is 1. The van der Waals surface area contributed by atoms with Crippen LogP contribution >= 0.6 is 0 Å². The summed E-state index contributed by atoms with van der Waals surface area (Å²) in [4.78, 5) is 39.9. The fourth-order valence-electron chi connectivity index (χ4n) is 4.81. The van der Waals surface area contributed by atoms with Gasteiger partial charge in [0.15, 0.2) is 5.78 Å². The van der Waals surface area contributed by atoms with Crippen LogP contribution in [0.3, 0.4) is 0 Å². The van der Waals surface area contributed by atoms with Crippen LogP contribution in [0.1, 0.15) is 65.8 Å². The van der Waals surface area contributed by atoms with E-state index in [1.54, 1.807) is 0 Å². The molecule has 4 rings (SSSR count). The van der Waals surface area contributed by atoms with Gasteiger partial charge < -0.3 is 9.88 Å². The number of hydrogen-bond acceptors (Lipinski definition) is 3. The minimum atomic E-state index is -0.807. The molecule has 2 fully saturated rings. The Balaban J connectivity index is 1.52. The van der Waals surface area contributed by atoms with E-state index in [1.165, 1.54) is 0 Å². The van der Waals surface area contributed by atoms with Gasteiger partial charge in [-0.15, -0.1) is 0 Å². The highest BCUT2D eigenvalue weighted by Gasteiger charge is 2.51. The van der Waals surface area contributed by atoms with Crippen LogP contribution in [0.15, 0.2) is 36.4 Å². The summed E-state index contributed by atoms with van der Waals surface area (Å²) in [6, 6.07) is 11.5. The maximum atomic E-state index is 13.1. The molecule has 1 aliphatic carbocycles. The van der Waals surface area contributed by atoms with Crippen molar-refractivity contribution in [1.29, 1.82) is 0 Å². The number of hydrogen-bond donors (Lipinski definition) is 1. The van der Waals surface area contributed by atoms with E-state index in [1.807, 2.05) is 38.1 Å². The van der Waals surface area contributed by atoms with Gasteiger partial charge in [0.2, 0.25) is 0 Å². The summed E-state index contributed by atoms with van der Waals surface area (Å²) >= 11 is 0. The number of rotatable bonds is 5. The van der Waals surface area contributed by atoms with Crippen LogP contribution in [0.25, 0.3) is 0 Å². The van der Waals surface area contributed by atoms with Crippen molar-refractivity contribution in [3.8, 4) is 0 Å². The first-order valence-corrected chi connectivity index (χ1v) is 10.8. The van der Waals surface area contributed by atoms with Crippen molar-refractivity contribution < 1.29 is 14.4 Å². The van der Waals surface area contributed by atoms with Crippen molar-refractivity contribution in [3.05, 3.63) is 58.9 Å². The molecule has 2 aliphatic rings. The number of amides is 3. The molecule has 0 bridgehead atoms.